The lowest BCUT2D eigenvalue weighted by atomic mass is 10.1. The quantitative estimate of drug-likeness (QED) is 0.508. The predicted molar refractivity (Wildman–Crippen MR) is 119 cm³/mol. The van der Waals surface area contributed by atoms with E-state index in [1.54, 1.807) is 60.7 Å². The first kappa shape index (κ1) is 19.4. The highest BCUT2D eigenvalue weighted by atomic mass is 16.2. The molecule has 8 nitrogen and oxygen atoms in total. The van der Waals surface area contributed by atoms with Crippen LogP contribution in [0.2, 0.25) is 0 Å². The van der Waals surface area contributed by atoms with E-state index < -0.39 is 17.7 Å². The van der Waals surface area contributed by atoms with Crippen molar-refractivity contribution in [2.45, 2.75) is 6.54 Å². The number of amides is 3. The van der Waals surface area contributed by atoms with E-state index in [-0.39, 0.29) is 12.1 Å². The van der Waals surface area contributed by atoms with Crippen molar-refractivity contribution in [3.63, 3.8) is 0 Å². The lowest BCUT2D eigenvalue weighted by molar-refractivity contribution is -0.117. The van der Waals surface area contributed by atoms with Crippen LogP contribution in [-0.2, 0) is 11.3 Å². The smallest absolute Gasteiger partial charge is 0.275 e. The van der Waals surface area contributed by atoms with Gasteiger partial charge in [-0.3, -0.25) is 19.2 Å². The van der Waals surface area contributed by atoms with Gasteiger partial charge in [0.1, 0.15) is 6.54 Å². The highest BCUT2D eigenvalue weighted by Gasteiger charge is 2.36. The maximum Gasteiger partial charge on any atom is 0.275 e. The summed E-state index contributed by atoms with van der Waals surface area (Å²) in [5, 5.41) is 7.92. The molecule has 0 unspecified atom stereocenters. The van der Waals surface area contributed by atoms with Gasteiger partial charge in [-0.2, -0.15) is 5.10 Å². The molecular formula is C24H16N4O4. The summed E-state index contributed by atoms with van der Waals surface area (Å²) in [6, 6.07) is 20.1. The van der Waals surface area contributed by atoms with Gasteiger partial charge in [-0.15, -0.1) is 0 Å². The number of anilines is 2. The van der Waals surface area contributed by atoms with Crippen LogP contribution < -0.4 is 15.8 Å². The molecule has 1 N–H and O–H groups in total. The van der Waals surface area contributed by atoms with Crippen molar-refractivity contribution in [2.75, 3.05) is 10.2 Å². The van der Waals surface area contributed by atoms with Crippen LogP contribution in [0.5, 0.6) is 0 Å². The number of carbonyl (C=O) groups is 3. The van der Waals surface area contributed by atoms with Gasteiger partial charge < -0.3 is 5.32 Å². The number of imide groups is 1. The van der Waals surface area contributed by atoms with Crippen molar-refractivity contribution in [1.82, 2.24) is 9.78 Å². The van der Waals surface area contributed by atoms with Gasteiger partial charge in [0.05, 0.1) is 28.4 Å². The fraction of sp³-hybridized carbons (Fsp3) is 0.0417. The first-order valence-electron chi connectivity index (χ1n) is 9.85. The molecular weight excluding hydrogens is 408 g/mol. The molecule has 1 aromatic heterocycles. The fourth-order valence-corrected chi connectivity index (χ4v) is 3.72. The van der Waals surface area contributed by atoms with Crippen molar-refractivity contribution in [1.29, 1.82) is 0 Å². The van der Waals surface area contributed by atoms with E-state index in [1.807, 2.05) is 6.07 Å². The zero-order valence-electron chi connectivity index (χ0n) is 16.7. The highest BCUT2D eigenvalue weighted by molar-refractivity contribution is 6.34. The minimum atomic E-state index is -0.464. The largest absolute Gasteiger partial charge is 0.324 e. The molecule has 32 heavy (non-hydrogen) atoms. The molecule has 3 aromatic carbocycles. The van der Waals surface area contributed by atoms with Crippen molar-refractivity contribution in [2.24, 2.45) is 0 Å². The average molecular weight is 424 g/mol. The topological polar surface area (TPSA) is 101 Å². The van der Waals surface area contributed by atoms with E-state index in [2.05, 4.69) is 10.4 Å². The summed E-state index contributed by atoms with van der Waals surface area (Å²) in [4.78, 5) is 51.6. The Labute approximate surface area is 181 Å². The predicted octanol–water partition coefficient (Wildman–Crippen LogP) is 2.84. The molecule has 0 atom stereocenters. The second-order valence-electron chi connectivity index (χ2n) is 7.28. The number of nitrogens with one attached hydrogen (secondary N) is 1. The van der Waals surface area contributed by atoms with Gasteiger partial charge in [0.2, 0.25) is 5.91 Å². The minimum absolute atomic E-state index is 0.277. The SMILES string of the molecule is O=C(Cn1ncc2ccccc2c1=O)Nc1cccc(N2C(=O)c3ccccc3C2=O)c1. The Balaban J connectivity index is 1.37. The first-order valence-corrected chi connectivity index (χ1v) is 9.85. The van der Waals surface area contributed by atoms with Crippen LogP contribution in [0.15, 0.2) is 83.8 Å². The van der Waals surface area contributed by atoms with Crippen LogP contribution in [0.25, 0.3) is 10.8 Å². The zero-order chi connectivity index (χ0) is 22.2. The van der Waals surface area contributed by atoms with Gasteiger partial charge in [-0.25, -0.2) is 9.58 Å². The van der Waals surface area contributed by atoms with Crippen LogP contribution in [0.3, 0.4) is 0 Å². The lowest BCUT2D eigenvalue weighted by Gasteiger charge is -2.15. The number of hydrogen-bond acceptors (Lipinski definition) is 5. The molecule has 8 heteroatoms. The third-order valence-electron chi connectivity index (χ3n) is 5.24. The highest BCUT2D eigenvalue weighted by Crippen LogP contribution is 2.29. The van der Waals surface area contributed by atoms with E-state index >= 15 is 0 Å². The molecule has 156 valence electrons. The van der Waals surface area contributed by atoms with Gasteiger partial charge >= 0.3 is 0 Å². The van der Waals surface area contributed by atoms with Gasteiger partial charge in [0.25, 0.3) is 17.4 Å². The Morgan fingerprint density at radius 2 is 1.53 bits per heavy atom. The number of hydrogen-bond donors (Lipinski definition) is 1. The van der Waals surface area contributed by atoms with Gasteiger partial charge in [0, 0.05) is 11.1 Å². The van der Waals surface area contributed by atoms with E-state index in [4.69, 9.17) is 0 Å². The molecule has 4 aromatic rings. The molecule has 0 aliphatic carbocycles. The zero-order valence-corrected chi connectivity index (χ0v) is 16.7. The summed E-state index contributed by atoms with van der Waals surface area (Å²) in [6.45, 7) is -0.277. The molecule has 0 saturated heterocycles. The average Bonchev–Trinajstić information content (AvgIpc) is 3.06. The molecule has 0 radical (unpaired) electrons. The van der Waals surface area contributed by atoms with E-state index in [9.17, 15) is 19.2 Å². The summed E-state index contributed by atoms with van der Waals surface area (Å²) < 4.78 is 1.09. The Morgan fingerprint density at radius 3 is 2.28 bits per heavy atom. The van der Waals surface area contributed by atoms with Crippen LogP contribution in [0, 0.1) is 0 Å². The Kier molecular flexibility index (Phi) is 4.59. The molecule has 3 amide bonds. The van der Waals surface area contributed by atoms with Crippen molar-refractivity contribution < 1.29 is 14.4 Å². The van der Waals surface area contributed by atoms with Gasteiger partial charge in [-0.1, -0.05) is 36.4 Å². The molecule has 5 rings (SSSR count). The van der Waals surface area contributed by atoms with Crippen molar-refractivity contribution in [3.8, 4) is 0 Å². The Bertz CT molecular complexity index is 1440. The fourth-order valence-electron chi connectivity index (χ4n) is 3.72. The standard InChI is InChI=1S/C24H16N4O4/c29-21(14-27-22(30)18-9-2-1-6-15(18)13-25-27)26-16-7-5-8-17(12-16)28-23(31)19-10-3-4-11-20(19)24(28)32/h1-13H,14H2,(H,26,29). The maximum absolute atomic E-state index is 12.7. The van der Waals surface area contributed by atoms with Crippen LogP contribution in [0.4, 0.5) is 11.4 Å². The lowest BCUT2D eigenvalue weighted by Crippen LogP contribution is -2.30. The summed E-state index contributed by atoms with van der Waals surface area (Å²) >= 11 is 0. The number of nitrogens with zero attached hydrogens (tertiary/aromatic N) is 3. The monoisotopic (exact) mass is 424 g/mol. The van der Waals surface area contributed by atoms with Gasteiger partial charge in [-0.05, 0) is 36.4 Å². The van der Waals surface area contributed by atoms with E-state index in [0.717, 1.165) is 9.58 Å². The molecule has 1 aliphatic rings. The van der Waals surface area contributed by atoms with Crippen molar-refractivity contribution in [3.05, 3.63) is 100 Å². The molecule has 0 spiro atoms. The summed E-state index contributed by atoms with van der Waals surface area (Å²) in [6.07, 6.45) is 1.53. The number of benzene rings is 3. The molecule has 0 saturated carbocycles. The first-order chi connectivity index (χ1) is 15.5. The molecule has 1 aliphatic heterocycles. The van der Waals surface area contributed by atoms with E-state index in [1.165, 1.54) is 12.3 Å². The number of aromatic nitrogens is 2. The van der Waals surface area contributed by atoms with Crippen LogP contribution in [-0.4, -0.2) is 27.5 Å². The Morgan fingerprint density at radius 1 is 0.844 bits per heavy atom. The van der Waals surface area contributed by atoms with Crippen LogP contribution in [0.1, 0.15) is 20.7 Å². The Hall–Kier alpha value is -4.59. The minimum Gasteiger partial charge on any atom is -0.324 e. The van der Waals surface area contributed by atoms with Crippen molar-refractivity contribution >= 4 is 39.9 Å². The molecule has 0 bridgehead atoms. The maximum atomic E-state index is 12.7. The normalized spacial score (nSPS) is 12.8. The number of rotatable bonds is 4. The summed E-state index contributed by atoms with van der Waals surface area (Å²) in [5.41, 5.74) is 1.05. The van der Waals surface area contributed by atoms with E-state index in [0.29, 0.717) is 33.3 Å². The van der Waals surface area contributed by atoms with Gasteiger partial charge in [0.15, 0.2) is 0 Å². The second kappa shape index (κ2) is 7.59. The number of carbonyl (C=O) groups excluding carboxylic acids is 3. The molecule has 2 heterocycles. The molecule has 0 fully saturated rings. The third kappa shape index (κ3) is 3.24. The van der Waals surface area contributed by atoms with Crippen LogP contribution >= 0.6 is 0 Å². The summed E-state index contributed by atoms with van der Waals surface area (Å²) in [5.74, 6) is -1.30. The summed E-state index contributed by atoms with van der Waals surface area (Å²) in [7, 11) is 0. The number of fused-ring (bicyclic) bond motifs is 2. The second-order valence-corrected chi connectivity index (χ2v) is 7.28. The third-order valence-corrected chi connectivity index (χ3v) is 5.24.